The first kappa shape index (κ1) is 22.6. The second-order valence-electron chi connectivity index (χ2n) is 10.4. The summed E-state index contributed by atoms with van der Waals surface area (Å²) in [7, 11) is 0. The van der Waals surface area contributed by atoms with Gasteiger partial charge < -0.3 is 4.74 Å². The van der Waals surface area contributed by atoms with Gasteiger partial charge in [0.25, 0.3) is 5.56 Å². The van der Waals surface area contributed by atoms with Crippen molar-refractivity contribution in [2.24, 2.45) is 5.92 Å². The largest absolute Gasteiger partial charge is 0.461 e. The monoisotopic (exact) mass is 451 g/mol. The zero-order valence-corrected chi connectivity index (χ0v) is 20.1. The molecule has 3 fully saturated rings. The fourth-order valence-electron chi connectivity index (χ4n) is 6.90. The van der Waals surface area contributed by atoms with Crippen molar-refractivity contribution >= 4 is 17.0 Å². The van der Waals surface area contributed by atoms with Gasteiger partial charge in [-0.05, 0) is 64.1 Å². The lowest BCUT2D eigenvalue weighted by Crippen LogP contribution is -2.62. The molecule has 0 spiro atoms. The predicted molar refractivity (Wildman–Crippen MR) is 130 cm³/mol. The van der Waals surface area contributed by atoms with Crippen LogP contribution in [0.4, 0.5) is 0 Å². The Morgan fingerprint density at radius 3 is 2.52 bits per heavy atom. The first-order valence-corrected chi connectivity index (χ1v) is 13.0. The fourth-order valence-corrected chi connectivity index (χ4v) is 6.90. The maximum atomic E-state index is 13.6. The van der Waals surface area contributed by atoms with E-state index in [9.17, 15) is 9.59 Å². The summed E-state index contributed by atoms with van der Waals surface area (Å²) in [5.74, 6) is -0.205. The van der Waals surface area contributed by atoms with Crippen LogP contribution >= 0.6 is 0 Å². The van der Waals surface area contributed by atoms with Crippen LogP contribution < -0.4 is 5.56 Å². The third-order valence-electron chi connectivity index (χ3n) is 8.54. The number of esters is 1. The third-order valence-corrected chi connectivity index (χ3v) is 8.54. The highest BCUT2D eigenvalue weighted by molar-refractivity contribution is 5.89. The molecule has 2 heterocycles. The highest BCUT2D eigenvalue weighted by Gasteiger charge is 2.58. The van der Waals surface area contributed by atoms with E-state index >= 15 is 0 Å². The Morgan fingerprint density at radius 2 is 1.79 bits per heavy atom. The lowest BCUT2D eigenvalue weighted by molar-refractivity contribution is -0.0201. The van der Waals surface area contributed by atoms with Gasteiger partial charge in [-0.2, -0.15) is 0 Å². The van der Waals surface area contributed by atoms with Gasteiger partial charge >= 0.3 is 5.97 Å². The molecular formula is C27H37N3O3. The van der Waals surface area contributed by atoms with E-state index in [0.717, 1.165) is 24.9 Å². The Kier molecular flexibility index (Phi) is 6.30. The van der Waals surface area contributed by atoms with E-state index < -0.39 is 5.97 Å². The van der Waals surface area contributed by atoms with E-state index in [0.29, 0.717) is 23.5 Å². The Morgan fingerprint density at radius 1 is 1.09 bits per heavy atom. The second-order valence-corrected chi connectivity index (χ2v) is 10.4. The van der Waals surface area contributed by atoms with Gasteiger partial charge in [0.2, 0.25) is 5.69 Å². The number of hydrogen-bond acceptors (Lipinski definition) is 5. The molecule has 33 heavy (non-hydrogen) atoms. The number of likely N-dealkylation sites (tertiary alicyclic amines) is 1. The number of carbonyl (C=O) groups is 1. The summed E-state index contributed by atoms with van der Waals surface area (Å²) in [6.07, 6.45) is 12.9. The van der Waals surface area contributed by atoms with Gasteiger partial charge in [-0.25, -0.2) is 9.78 Å². The Hall–Kier alpha value is -2.21. The number of para-hydroxylation sites is 2. The van der Waals surface area contributed by atoms with Crippen LogP contribution in [0.1, 0.15) is 88.5 Å². The number of aromatic nitrogens is 2. The minimum absolute atomic E-state index is 0.0913. The van der Waals surface area contributed by atoms with Gasteiger partial charge in [0.15, 0.2) is 0 Å². The number of ether oxygens (including phenoxy) is 1. The molecule has 2 aliphatic carbocycles. The molecule has 1 unspecified atom stereocenters. The van der Waals surface area contributed by atoms with Crippen LogP contribution in [0.5, 0.6) is 0 Å². The summed E-state index contributed by atoms with van der Waals surface area (Å²) in [6.45, 7) is 5.31. The zero-order chi connectivity index (χ0) is 23.0. The molecule has 0 radical (unpaired) electrons. The normalized spacial score (nSPS) is 29.0. The van der Waals surface area contributed by atoms with Crippen molar-refractivity contribution < 1.29 is 9.53 Å². The van der Waals surface area contributed by atoms with Crippen LogP contribution in [-0.2, 0) is 10.3 Å². The van der Waals surface area contributed by atoms with E-state index in [1.54, 1.807) is 6.92 Å². The minimum Gasteiger partial charge on any atom is -0.461 e. The molecule has 1 saturated heterocycles. The molecule has 1 aliphatic heterocycles. The standard InChI is InChI=1S/C27H37N3O3/c1-3-33-26(32)24-25(31)30(22-15-11-10-14-21(22)28-24)27(2)18-23-20(27)16-17-29(23)19-12-8-6-4-5-7-9-13-19/h10-11,14-15,19-20,23H,3-9,12-13,16-18H2,1-2H3/t20?,23-,27+/m1/s1. The third kappa shape index (κ3) is 3.90. The highest BCUT2D eigenvalue weighted by Crippen LogP contribution is 2.54. The van der Waals surface area contributed by atoms with E-state index in [2.05, 4.69) is 16.8 Å². The van der Waals surface area contributed by atoms with Crippen LogP contribution in [0.25, 0.3) is 11.0 Å². The summed E-state index contributed by atoms with van der Waals surface area (Å²) < 4.78 is 7.05. The summed E-state index contributed by atoms with van der Waals surface area (Å²) in [6, 6.07) is 8.91. The Balaban J connectivity index is 1.47. The van der Waals surface area contributed by atoms with Crippen LogP contribution in [-0.4, -0.2) is 45.7 Å². The summed E-state index contributed by atoms with van der Waals surface area (Å²) in [5, 5.41) is 0. The van der Waals surface area contributed by atoms with Gasteiger partial charge in [0, 0.05) is 12.1 Å². The lowest BCUT2D eigenvalue weighted by atomic mass is 9.63. The molecule has 5 rings (SSSR count). The molecule has 2 aromatic rings. The van der Waals surface area contributed by atoms with Crippen LogP contribution in [0.15, 0.2) is 29.1 Å². The molecule has 178 valence electrons. The molecule has 3 atom stereocenters. The van der Waals surface area contributed by atoms with Crippen molar-refractivity contribution in [3.05, 3.63) is 40.3 Å². The van der Waals surface area contributed by atoms with Gasteiger partial charge in [-0.1, -0.05) is 50.7 Å². The van der Waals surface area contributed by atoms with E-state index in [1.165, 1.54) is 51.4 Å². The zero-order valence-electron chi connectivity index (χ0n) is 20.1. The van der Waals surface area contributed by atoms with E-state index in [1.807, 2.05) is 28.8 Å². The summed E-state index contributed by atoms with van der Waals surface area (Å²) >= 11 is 0. The smallest absolute Gasteiger partial charge is 0.362 e. The van der Waals surface area contributed by atoms with Gasteiger partial charge in [0.1, 0.15) is 0 Å². The first-order chi connectivity index (χ1) is 16.0. The molecule has 0 bridgehead atoms. The fraction of sp³-hybridized carbons (Fsp3) is 0.667. The lowest BCUT2D eigenvalue weighted by Gasteiger charge is -2.54. The van der Waals surface area contributed by atoms with Crippen LogP contribution in [0, 0.1) is 5.92 Å². The number of carbonyl (C=O) groups excluding carboxylic acids is 1. The quantitative estimate of drug-likeness (QED) is 0.620. The van der Waals surface area contributed by atoms with Crippen LogP contribution in [0.3, 0.4) is 0 Å². The highest BCUT2D eigenvalue weighted by atomic mass is 16.5. The van der Waals surface area contributed by atoms with Crippen molar-refractivity contribution in [3.8, 4) is 0 Å². The molecule has 1 aromatic carbocycles. The van der Waals surface area contributed by atoms with Gasteiger partial charge in [0.05, 0.1) is 23.2 Å². The number of benzene rings is 1. The topological polar surface area (TPSA) is 64.4 Å². The first-order valence-electron chi connectivity index (χ1n) is 13.0. The average Bonchev–Trinajstić information content (AvgIpc) is 3.22. The minimum atomic E-state index is -0.625. The maximum Gasteiger partial charge on any atom is 0.362 e. The molecule has 0 amide bonds. The number of nitrogens with zero attached hydrogens (tertiary/aromatic N) is 3. The molecular weight excluding hydrogens is 414 g/mol. The van der Waals surface area contributed by atoms with Crippen LogP contribution in [0.2, 0.25) is 0 Å². The van der Waals surface area contributed by atoms with Gasteiger partial charge in [-0.3, -0.25) is 14.3 Å². The predicted octanol–water partition coefficient (Wildman–Crippen LogP) is 4.89. The molecule has 0 N–H and O–H groups in total. The molecule has 6 nitrogen and oxygen atoms in total. The Labute approximate surface area is 196 Å². The molecule has 3 aliphatic rings. The average molecular weight is 452 g/mol. The van der Waals surface area contributed by atoms with Crippen molar-refractivity contribution in [3.63, 3.8) is 0 Å². The second kappa shape index (κ2) is 9.21. The summed E-state index contributed by atoms with van der Waals surface area (Å²) in [4.78, 5) is 33.4. The number of rotatable bonds is 4. The molecule has 2 saturated carbocycles. The number of hydrogen-bond donors (Lipinski definition) is 0. The molecule has 1 aromatic heterocycles. The van der Waals surface area contributed by atoms with Crippen molar-refractivity contribution in [2.45, 2.75) is 95.7 Å². The van der Waals surface area contributed by atoms with E-state index in [-0.39, 0.29) is 23.4 Å². The number of fused-ring (bicyclic) bond motifs is 2. The Bertz CT molecular complexity index is 1070. The van der Waals surface area contributed by atoms with Crippen molar-refractivity contribution in [1.82, 2.24) is 14.5 Å². The van der Waals surface area contributed by atoms with Gasteiger partial charge in [-0.15, -0.1) is 0 Å². The molecule has 6 heteroatoms. The van der Waals surface area contributed by atoms with Crippen molar-refractivity contribution in [1.29, 1.82) is 0 Å². The SMILES string of the molecule is CCOC(=O)c1nc2ccccc2n([C@@]2(C)C[C@@H]3C2CCN3C2CCCCCCCC2)c1=O. The van der Waals surface area contributed by atoms with Crippen molar-refractivity contribution in [2.75, 3.05) is 13.2 Å². The maximum absolute atomic E-state index is 13.6. The summed E-state index contributed by atoms with van der Waals surface area (Å²) in [5.41, 5.74) is 0.785. The van der Waals surface area contributed by atoms with E-state index in [4.69, 9.17) is 4.74 Å².